The minimum absolute atomic E-state index is 0.0737. The lowest BCUT2D eigenvalue weighted by Crippen LogP contribution is -2.17. The van der Waals surface area contributed by atoms with Gasteiger partial charge in [0.1, 0.15) is 0 Å². The van der Waals surface area contributed by atoms with Crippen LogP contribution in [-0.2, 0) is 48.7 Å². The molecule has 0 N–H and O–H groups in total. The third kappa shape index (κ3) is 10.6. The van der Waals surface area contributed by atoms with Gasteiger partial charge in [-0.2, -0.15) is 0 Å². The minimum Gasteiger partial charge on any atom is -0.0616 e. The first-order valence-electron chi connectivity index (χ1n) is 33.8. The Morgan fingerprint density at radius 1 is 0.167 bits per heavy atom. The Bertz CT molecular complexity index is 4390. The number of benzene rings is 10. The van der Waals surface area contributed by atoms with Gasteiger partial charge in [-0.15, -0.1) is 0 Å². The Kier molecular flexibility index (Phi) is 14.2. The molecule has 90 heavy (non-hydrogen) atoms. The molecule has 0 heterocycles. The summed E-state index contributed by atoms with van der Waals surface area (Å²) in [5, 5.41) is 7.96. The summed E-state index contributed by atoms with van der Waals surface area (Å²) >= 11 is 0. The molecule has 0 nitrogen and oxygen atoms in total. The minimum atomic E-state index is -0.0869. The Morgan fingerprint density at radius 3 is 0.578 bits per heavy atom. The van der Waals surface area contributed by atoms with Gasteiger partial charge < -0.3 is 0 Å². The topological polar surface area (TPSA) is 0 Å². The fraction of sp³-hybridized carbons (Fsp3) is 0.400. The molecule has 0 unspecified atom stereocenters. The number of rotatable bonds is 4. The Morgan fingerprint density at radius 2 is 0.367 bits per heavy atom. The van der Waals surface area contributed by atoms with Crippen LogP contribution in [0.5, 0.6) is 0 Å². The molecule has 0 bridgehead atoms. The lowest BCUT2D eigenvalue weighted by molar-refractivity contribution is 0.568. The Labute approximate surface area is 543 Å². The van der Waals surface area contributed by atoms with Crippen molar-refractivity contribution >= 4 is 32.3 Å². The molecule has 10 aromatic carbocycles. The zero-order valence-electron chi connectivity index (χ0n) is 60.3. The number of fused-ring (bicyclic) bond motifs is 8. The van der Waals surface area contributed by atoms with Crippen molar-refractivity contribution < 1.29 is 0 Å². The van der Waals surface area contributed by atoms with Crippen LogP contribution in [-0.4, -0.2) is 0 Å². The largest absolute Gasteiger partial charge is 0.0616 e. The number of hydrogen-bond acceptors (Lipinski definition) is 0. The van der Waals surface area contributed by atoms with Crippen LogP contribution in [0.3, 0.4) is 0 Å². The SMILES string of the molecule is CC(C)(C)c1cc(-c2c3c(c(-c4cc(C(C)(C)C)cc(C(C)(C)C)c4)c4ccccc24)-c2ccc4c5c(ccc-3c25)-c2c-4c(-c3cc(C(C)(C)C)cc(C(C)(C)C)c3)c3cc(C(C)(C)C)ccc3c2-c2cc(C(C)(C)C)cc(C(C)(C)C)c2)cc(C(C)(C)C)c1. The number of hydrogen-bond donors (Lipinski definition) is 0. The molecule has 0 saturated carbocycles. The summed E-state index contributed by atoms with van der Waals surface area (Å²) in [6, 6.07) is 57.7. The molecule has 0 aliphatic heterocycles. The summed E-state index contributed by atoms with van der Waals surface area (Å²) < 4.78 is 0. The van der Waals surface area contributed by atoms with Crippen molar-refractivity contribution in [3.8, 4) is 89.0 Å². The molecule has 2 aliphatic carbocycles. The van der Waals surface area contributed by atoms with Gasteiger partial charge in [0.15, 0.2) is 0 Å². The van der Waals surface area contributed by atoms with Gasteiger partial charge in [-0.1, -0.05) is 320 Å². The lowest BCUT2D eigenvalue weighted by Gasteiger charge is -2.29. The molecule has 12 rings (SSSR count). The van der Waals surface area contributed by atoms with E-state index in [9.17, 15) is 0 Å². The van der Waals surface area contributed by atoms with E-state index in [1.165, 1.54) is 171 Å². The highest BCUT2D eigenvalue weighted by molar-refractivity contribution is 6.35. The molecule has 464 valence electrons. The van der Waals surface area contributed by atoms with Crippen molar-refractivity contribution in [2.24, 2.45) is 0 Å². The highest BCUT2D eigenvalue weighted by Crippen LogP contribution is 2.65. The maximum Gasteiger partial charge on any atom is -0.000740 e. The van der Waals surface area contributed by atoms with Crippen LogP contribution in [0.4, 0.5) is 0 Å². The molecule has 0 amide bonds. The van der Waals surface area contributed by atoms with E-state index >= 15 is 0 Å². The molecule has 0 fully saturated rings. The third-order valence-electron chi connectivity index (χ3n) is 20.4. The second-order valence-electron chi connectivity index (χ2n) is 36.8. The Hall–Kier alpha value is -7.02. The second kappa shape index (κ2) is 20.2. The van der Waals surface area contributed by atoms with Crippen molar-refractivity contribution in [2.45, 2.75) is 236 Å². The van der Waals surface area contributed by atoms with Crippen molar-refractivity contribution in [1.29, 1.82) is 0 Å². The van der Waals surface area contributed by atoms with Gasteiger partial charge >= 0.3 is 0 Å². The summed E-state index contributed by atoms with van der Waals surface area (Å²) in [5.74, 6) is 0. The Balaban J connectivity index is 1.33. The normalized spacial score (nSPS) is 13.9. The summed E-state index contributed by atoms with van der Waals surface area (Å²) in [7, 11) is 0. The molecule has 0 aromatic heterocycles. The van der Waals surface area contributed by atoms with Gasteiger partial charge in [0.2, 0.25) is 0 Å². The average molecular weight is 1190 g/mol. The van der Waals surface area contributed by atoms with Crippen LogP contribution in [0.1, 0.15) is 237 Å². The first-order chi connectivity index (χ1) is 41.3. The van der Waals surface area contributed by atoms with E-state index in [2.05, 4.69) is 326 Å². The van der Waals surface area contributed by atoms with Crippen molar-refractivity contribution in [3.05, 3.63) is 190 Å². The molecular formula is C90H104. The van der Waals surface area contributed by atoms with E-state index in [0.717, 1.165) is 0 Å². The van der Waals surface area contributed by atoms with E-state index in [0.29, 0.717) is 0 Å². The quantitative estimate of drug-likeness (QED) is 0.165. The van der Waals surface area contributed by atoms with E-state index in [4.69, 9.17) is 0 Å². The fourth-order valence-corrected chi connectivity index (χ4v) is 14.6. The van der Waals surface area contributed by atoms with E-state index in [1.54, 1.807) is 0 Å². The molecule has 0 spiro atoms. The first kappa shape index (κ1) is 63.1. The van der Waals surface area contributed by atoms with Crippen LogP contribution < -0.4 is 0 Å². The summed E-state index contributed by atoms with van der Waals surface area (Å²) in [5.41, 5.74) is 32.8. The van der Waals surface area contributed by atoms with Gasteiger partial charge in [-0.05, 0) is 226 Å². The highest BCUT2D eigenvalue weighted by Gasteiger charge is 2.40. The third-order valence-corrected chi connectivity index (χ3v) is 20.4. The molecule has 10 aromatic rings. The molecule has 0 saturated heterocycles. The summed E-state index contributed by atoms with van der Waals surface area (Å²) in [6.45, 7) is 64.4. The van der Waals surface area contributed by atoms with E-state index < -0.39 is 0 Å². The standard InChI is InChI=1S/C90H104/c1-82(2,3)55-32-33-66-71(50-55)75(54-44-62(89(22,23)24)49-63(45-54)90(25,26)27)81-70-37-36-68-76-67(34-35-69(77(70)76)80(81)74(66)53-42-60(87(16,17)18)48-61(43-53)88(19,20)21)78-72(51-38-56(83(4,5)6)46-57(39-51)84(7,8)9)64-30-28-29-31-65(64)73(79(68)78)52-40-58(85(10,11)12)47-59(41-52)86(13,14)15/h28-50H,1-27H3. The van der Waals surface area contributed by atoms with Gasteiger partial charge in [0.25, 0.3) is 0 Å². The van der Waals surface area contributed by atoms with Crippen LogP contribution in [0.25, 0.3) is 121 Å². The van der Waals surface area contributed by atoms with Crippen LogP contribution >= 0.6 is 0 Å². The maximum atomic E-state index is 2.60. The van der Waals surface area contributed by atoms with Crippen LogP contribution in [0.15, 0.2) is 140 Å². The van der Waals surface area contributed by atoms with Gasteiger partial charge in [0, 0.05) is 0 Å². The monoisotopic (exact) mass is 1180 g/mol. The first-order valence-corrected chi connectivity index (χ1v) is 33.8. The van der Waals surface area contributed by atoms with Crippen molar-refractivity contribution in [3.63, 3.8) is 0 Å². The zero-order chi connectivity index (χ0) is 65.7. The van der Waals surface area contributed by atoms with Crippen LogP contribution in [0.2, 0.25) is 0 Å². The lowest BCUT2D eigenvalue weighted by atomic mass is 9.74. The van der Waals surface area contributed by atoms with Crippen LogP contribution in [0, 0.1) is 0 Å². The second-order valence-corrected chi connectivity index (χ2v) is 36.8. The molecule has 0 atom stereocenters. The van der Waals surface area contributed by atoms with Gasteiger partial charge in [-0.25, -0.2) is 0 Å². The zero-order valence-corrected chi connectivity index (χ0v) is 60.3. The van der Waals surface area contributed by atoms with E-state index in [-0.39, 0.29) is 48.7 Å². The molecule has 0 radical (unpaired) electrons. The highest BCUT2D eigenvalue weighted by atomic mass is 14.4. The summed E-state index contributed by atoms with van der Waals surface area (Å²) in [6.07, 6.45) is 0. The smallest absolute Gasteiger partial charge is 0.000740 e. The fourth-order valence-electron chi connectivity index (χ4n) is 14.6. The van der Waals surface area contributed by atoms with Gasteiger partial charge in [0.05, 0.1) is 0 Å². The predicted molar refractivity (Wildman–Crippen MR) is 398 cm³/mol. The van der Waals surface area contributed by atoms with Crippen molar-refractivity contribution in [1.82, 2.24) is 0 Å². The van der Waals surface area contributed by atoms with Crippen molar-refractivity contribution in [2.75, 3.05) is 0 Å². The average Bonchev–Trinajstić information content (AvgIpc) is 1.50. The molecule has 2 aliphatic rings. The predicted octanol–water partition coefficient (Wildman–Crippen LogP) is 26.8. The maximum absolute atomic E-state index is 2.60. The van der Waals surface area contributed by atoms with Gasteiger partial charge in [-0.3, -0.25) is 0 Å². The molecule has 0 heteroatoms. The summed E-state index contributed by atoms with van der Waals surface area (Å²) in [4.78, 5) is 0. The van der Waals surface area contributed by atoms with E-state index in [1.807, 2.05) is 0 Å². The molecular weight excluding hydrogens is 1080 g/mol.